The van der Waals surface area contributed by atoms with Crippen molar-refractivity contribution in [2.75, 3.05) is 6.54 Å². The first-order chi connectivity index (χ1) is 6.37. The van der Waals surface area contributed by atoms with Crippen LogP contribution in [0.15, 0.2) is 0 Å². The molecular formula is C13H25N. The molecule has 2 atom stereocenters. The summed E-state index contributed by atoms with van der Waals surface area (Å²) in [6.07, 6.45) is 1.02. The topological polar surface area (TPSA) is 12.0 Å². The van der Waals surface area contributed by atoms with E-state index < -0.39 is 0 Å². The van der Waals surface area contributed by atoms with E-state index in [1.807, 2.05) is 6.92 Å². The van der Waals surface area contributed by atoms with Gasteiger partial charge < -0.3 is 5.32 Å². The second-order valence-electron chi connectivity index (χ2n) is 5.22. The fraction of sp³-hybridized carbons (Fsp3) is 0.846. The molecule has 82 valence electrons. The molecule has 0 heterocycles. The Hall–Kier alpha value is -0.480. The van der Waals surface area contributed by atoms with Crippen LogP contribution in [0.25, 0.3) is 0 Å². The largest absolute Gasteiger partial charge is 0.312 e. The quantitative estimate of drug-likeness (QED) is 0.680. The Bertz CT molecular complexity index is 202. The molecule has 0 aliphatic carbocycles. The van der Waals surface area contributed by atoms with Gasteiger partial charge in [-0.25, -0.2) is 0 Å². The van der Waals surface area contributed by atoms with Gasteiger partial charge in [0, 0.05) is 12.0 Å². The van der Waals surface area contributed by atoms with Crippen LogP contribution in [0.2, 0.25) is 0 Å². The molecule has 0 aliphatic heterocycles. The van der Waals surface area contributed by atoms with Crippen molar-refractivity contribution < 1.29 is 0 Å². The van der Waals surface area contributed by atoms with Crippen LogP contribution in [0.1, 0.15) is 48.0 Å². The zero-order valence-corrected chi connectivity index (χ0v) is 10.6. The molecule has 1 nitrogen and oxygen atoms in total. The second kappa shape index (κ2) is 6.09. The third-order valence-corrected chi connectivity index (χ3v) is 2.53. The smallest absolute Gasteiger partial charge is 0.0117 e. The van der Waals surface area contributed by atoms with E-state index in [0.717, 1.165) is 13.0 Å². The van der Waals surface area contributed by atoms with Gasteiger partial charge in [0.15, 0.2) is 0 Å². The molecule has 0 rings (SSSR count). The standard InChI is InChI=1S/C13H25N/c1-7-8-9-11(2)12(3)10-14-13(4,5)6/h11-12,14H,9-10H2,1-6H3. The highest BCUT2D eigenvalue weighted by molar-refractivity contribution is 4.96. The Labute approximate surface area is 89.7 Å². The average Bonchev–Trinajstić information content (AvgIpc) is 2.09. The molecule has 1 heteroatoms. The lowest BCUT2D eigenvalue weighted by Gasteiger charge is -2.25. The summed E-state index contributed by atoms with van der Waals surface area (Å²) < 4.78 is 0. The number of hydrogen-bond donors (Lipinski definition) is 1. The van der Waals surface area contributed by atoms with E-state index in [9.17, 15) is 0 Å². The number of nitrogens with one attached hydrogen (secondary N) is 1. The molecule has 0 aromatic carbocycles. The Balaban J connectivity index is 3.82. The van der Waals surface area contributed by atoms with E-state index in [1.165, 1.54) is 0 Å². The Kier molecular flexibility index (Phi) is 5.88. The van der Waals surface area contributed by atoms with Gasteiger partial charge in [0.25, 0.3) is 0 Å². The van der Waals surface area contributed by atoms with Gasteiger partial charge in [-0.05, 0) is 46.1 Å². The summed E-state index contributed by atoms with van der Waals surface area (Å²) >= 11 is 0. The van der Waals surface area contributed by atoms with Crippen LogP contribution in [-0.2, 0) is 0 Å². The first-order valence-corrected chi connectivity index (χ1v) is 5.51. The fourth-order valence-corrected chi connectivity index (χ4v) is 1.13. The zero-order valence-electron chi connectivity index (χ0n) is 10.6. The van der Waals surface area contributed by atoms with Gasteiger partial charge in [-0.15, -0.1) is 11.8 Å². The molecule has 0 spiro atoms. The summed E-state index contributed by atoms with van der Waals surface area (Å²) in [6, 6.07) is 0. The molecule has 0 aromatic rings. The van der Waals surface area contributed by atoms with Crippen LogP contribution in [0, 0.1) is 23.7 Å². The lowest BCUT2D eigenvalue weighted by molar-refractivity contribution is 0.322. The summed E-state index contributed by atoms with van der Waals surface area (Å²) in [5, 5.41) is 3.53. The summed E-state index contributed by atoms with van der Waals surface area (Å²) in [5.41, 5.74) is 0.227. The lowest BCUT2D eigenvalue weighted by atomic mass is 9.92. The van der Waals surface area contributed by atoms with Gasteiger partial charge in [-0.2, -0.15) is 0 Å². The number of hydrogen-bond acceptors (Lipinski definition) is 1. The van der Waals surface area contributed by atoms with Crippen molar-refractivity contribution in [3.63, 3.8) is 0 Å². The highest BCUT2D eigenvalue weighted by atomic mass is 14.9. The maximum atomic E-state index is 3.53. The molecule has 14 heavy (non-hydrogen) atoms. The van der Waals surface area contributed by atoms with Crippen LogP contribution in [0.5, 0.6) is 0 Å². The highest BCUT2D eigenvalue weighted by Gasteiger charge is 2.14. The maximum absolute atomic E-state index is 3.53. The molecule has 0 amide bonds. The van der Waals surface area contributed by atoms with Crippen LogP contribution in [0.4, 0.5) is 0 Å². The zero-order chi connectivity index (χ0) is 11.2. The van der Waals surface area contributed by atoms with Crippen LogP contribution >= 0.6 is 0 Å². The van der Waals surface area contributed by atoms with Crippen molar-refractivity contribution in [3.05, 3.63) is 0 Å². The van der Waals surface area contributed by atoms with Crippen molar-refractivity contribution >= 4 is 0 Å². The average molecular weight is 195 g/mol. The fourth-order valence-electron chi connectivity index (χ4n) is 1.13. The monoisotopic (exact) mass is 195 g/mol. The second-order valence-corrected chi connectivity index (χ2v) is 5.22. The maximum Gasteiger partial charge on any atom is 0.0117 e. The van der Waals surface area contributed by atoms with Gasteiger partial charge in [-0.3, -0.25) is 0 Å². The first kappa shape index (κ1) is 13.5. The first-order valence-electron chi connectivity index (χ1n) is 5.51. The van der Waals surface area contributed by atoms with Crippen LogP contribution in [0.3, 0.4) is 0 Å². The van der Waals surface area contributed by atoms with Gasteiger partial charge in [0.1, 0.15) is 0 Å². The minimum Gasteiger partial charge on any atom is -0.312 e. The molecule has 0 aliphatic rings. The van der Waals surface area contributed by atoms with Crippen molar-refractivity contribution in [1.29, 1.82) is 0 Å². The van der Waals surface area contributed by atoms with Crippen LogP contribution in [-0.4, -0.2) is 12.1 Å². The molecule has 0 bridgehead atoms. The summed E-state index contributed by atoms with van der Waals surface area (Å²) in [7, 11) is 0. The molecule has 1 N–H and O–H groups in total. The Morgan fingerprint density at radius 3 is 2.14 bits per heavy atom. The van der Waals surface area contributed by atoms with Crippen molar-refractivity contribution in [3.8, 4) is 11.8 Å². The van der Waals surface area contributed by atoms with E-state index >= 15 is 0 Å². The molecule has 0 aromatic heterocycles. The summed E-state index contributed by atoms with van der Waals surface area (Å²) in [6.45, 7) is 14.2. The minimum atomic E-state index is 0.227. The highest BCUT2D eigenvalue weighted by Crippen LogP contribution is 2.14. The molecule has 0 saturated carbocycles. The van der Waals surface area contributed by atoms with Gasteiger partial charge >= 0.3 is 0 Å². The van der Waals surface area contributed by atoms with Crippen molar-refractivity contribution in [2.45, 2.75) is 53.5 Å². The predicted octanol–water partition coefficient (Wildman–Crippen LogP) is 3.06. The van der Waals surface area contributed by atoms with Crippen LogP contribution < -0.4 is 5.32 Å². The van der Waals surface area contributed by atoms with Crippen molar-refractivity contribution in [2.24, 2.45) is 11.8 Å². The van der Waals surface area contributed by atoms with Gasteiger partial charge in [0.2, 0.25) is 0 Å². The summed E-state index contributed by atoms with van der Waals surface area (Å²) in [5.74, 6) is 7.47. The molecule has 0 fully saturated rings. The third-order valence-electron chi connectivity index (χ3n) is 2.53. The van der Waals surface area contributed by atoms with Crippen molar-refractivity contribution in [1.82, 2.24) is 5.32 Å². The Morgan fingerprint density at radius 1 is 1.14 bits per heavy atom. The normalized spacial score (nSPS) is 15.6. The lowest BCUT2D eigenvalue weighted by Crippen LogP contribution is -2.39. The van der Waals surface area contributed by atoms with E-state index in [1.54, 1.807) is 0 Å². The molecular weight excluding hydrogens is 170 g/mol. The van der Waals surface area contributed by atoms with E-state index in [4.69, 9.17) is 0 Å². The predicted molar refractivity (Wildman–Crippen MR) is 64.2 cm³/mol. The molecule has 0 radical (unpaired) electrons. The van der Waals surface area contributed by atoms with Gasteiger partial charge in [-0.1, -0.05) is 13.8 Å². The Morgan fingerprint density at radius 2 is 1.71 bits per heavy atom. The van der Waals surface area contributed by atoms with E-state index in [0.29, 0.717) is 11.8 Å². The molecule has 2 unspecified atom stereocenters. The van der Waals surface area contributed by atoms with E-state index in [2.05, 4.69) is 51.8 Å². The minimum absolute atomic E-state index is 0.227. The van der Waals surface area contributed by atoms with Gasteiger partial charge in [0.05, 0.1) is 0 Å². The third kappa shape index (κ3) is 6.97. The van der Waals surface area contributed by atoms with E-state index in [-0.39, 0.29) is 5.54 Å². The summed E-state index contributed by atoms with van der Waals surface area (Å²) in [4.78, 5) is 0. The SMILES string of the molecule is CC#CCC(C)C(C)CNC(C)(C)C. The number of rotatable bonds is 4. The molecule has 0 saturated heterocycles.